The SMILES string of the molecule is CC1Cc2c(ccc3c2CCC=C3)-c2cccc(F)c21. The van der Waals surface area contributed by atoms with Crippen molar-refractivity contribution in [2.24, 2.45) is 0 Å². The van der Waals surface area contributed by atoms with Crippen LogP contribution in [0.15, 0.2) is 36.4 Å². The van der Waals surface area contributed by atoms with E-state index in [0.717, 1.165) is 30.4 Å². The molecular formula is C19H17F. The van der Waals surface area contributed by atoms with Crippen LogP contribution in [0.3, 0.4) is 0 Å². The van der Waals surface area contributed by atoms with Gasteiger partial charge in [0.1, 0.15) is 5.82 Å². The maximum Gasteiger partial charge on any atom is 0.127 e. The maximum atomic E-state index is 14.1. The predicted octanol–water partition coefficient (Wildman–Crippen LogP) is 5.11. The molecule has 0 bridgehead atoms. The van der Waals surface area contributed by atoms with Gasteiger partial charge in [-0.2, -0.15) is 0 Å². The summed E-state index contributed by atoms with van der Waals surface area (Å²) in [7, 11) is 0. The number of hydrogen-bond donors (Lipinski definition) is 0. The Labute approximate surface area is 119 Å². The zero-order valence-corrected chi connectivity index (χ0v) is 11.6. The Morgan fingerprint density at radius 1 is 1.05 bits per heavy atom. The summed E-state index contributed by atoms with van der Waals surface area (Å²) >= 11 is 0. The molecule has 1 unspecified atom stereocenters. The molecule has 0 saturated carbocycles. The van der Waals surface area contributed by atoms with Crippen LogP contribution in [0.2, 0.25) is 0 Å². The van der Waals surface area contributed by atoms with Crippen molar-refractivity contribution in [3.63, 3.8) is 0 Å². The first kappa shape index (κ1) is 11.9. The quantitative estimate of drug-likeness (QED) is 0.620. The fraction of sp³-hybridized carbons (Fsp3) is 0.263. The highest BCUT2D eigenvalue weighted by Crippen LogP contribution is 2.43. The van der Waals surface area contributed by atoms with Crippen molar-refractivity contribution in [2.45, 2.75) is 32.1 Å². The zero-order valence-electron chi connectivity index (χ0n) is 11.6. The maximum absolute atomic E-state index is 14.1. The van der Waals surface area contributed by atoms with E-state index in [1.54, 1.807) is 6.07 Å². The Hall–Kier alpha value is -1.89. The molecule has 2 aromatic rings. The van der Waals surface area contributed by atoms with Crippen LogP contribution in [-0.4, -0.2) is 0 Å². The van der Waals surface area contributed by atoms with Gasteiger partial charge < -0.3 is 0 Å². The lowest BCUT2D eigenvalue weighted by molar-refractivity contribution is 0.584. The van der Waals surface area contributed by atoms with Crippen LogP contribution < -0.4 is 0 Å². The second-order valence-corrected chi connectivity index (χ2v) is 5.91. The fourth-order valence-electron chi connectivity index (χ4n) is 3.77. The molecule has 0 heterocycles. The van der Waals surface area contributed by atoms with Crippen molar-refractivity contribution in [1.82, 2.24) is 0 Å². The molecule has 0 N–H and O–H groups in total. The minimum absolute atomic E-state index is 0.0572. The van der Waals surface area contributed by atoms with Crippen LogP contribution in [0.4, 0.5) is 4.39 Å². The van der Waals surface area contributed by atoms with Crippen LogP contribution in [0.5, 0.6) is 0 Å². The van der Waals surface area contributed by atoms with Gasteiger partial charge in [-0.1, -0.05) is 43.3 Å². The summed E-state index contributed by atoms with van der Waals surface area (Å²) in [6, 6.07) is 9.84. The van der Waals surface area contributed by atoms with Gasteiger partial charge in [-0.25, -0.2) is 4.39 Å². The second-order valence-electron chi connectivity index (χ2n) is 5.91. The molecule has 20 heavy (non-hydrogen) atoms. The Morgan fingerprint density at radius 3 is 2.85 bits per heavy atom. The van der Waals surface area contributed by atoms with E-state index in [9.17, 15) is 4.39 Å². The van der Waals surface area contributed by atoms with Gasteiger partial charge in [0.05, 0.1) is 0 Å². The van der Waals surface area contributed by atoms with E-state index >= 15 is 0 Å². The van der Waals surface area contributed by atoms with Gasteiger partial charge in [0.2, 0.25) is 0 Å². The first-order valence-corrected chi connectivity index (χ1v) is 7.36. The summed E-state index contributed by atoms with van der Waals surface area (Å²) in [5, 5.41) is 0. The molecule has 0 spiro atoms. The largest absolute Gasteiger partial charge is 0.207 e. The summed E-state index contributed by atoms with van der Waals surface area (Å²) < 4.78 is 14.1. The molecule has 0 aliphatic heterocycles. The van der Waals surface area contributed by atoms with Crippen molar-refractivity contribution in [2.75, 3.05) is 0 Å². The van der Waals surface area contributed by atoms with Crippen LogP contribution in [0.25, 0.3) is 17.2 Å². The monoisotopic (exact) mass is 264 g/mol. The highest BCUT2D eigenvalue weighted by atomic mass is 19.1. The van der Waals surface area contributed by atoms with Crippen LogP contribution in [0, 0.1) is 5.82 Å². The smallest absolute Gasteiger partial charge is 0.127 e. The molecule has 2 aliphatic carbocycles. The van der Waals surface area contributed by atoms with Gasteiger partial charge >= 0.3 is 0 Å². The highest BCUT2D eigenvalue weighted by molar-refractivity contribution is 5.78. The van der Waals surface area contributed by atoms with Crippen molar-refractivity contribution in [3.8, 4) is 11.1 Å². The van der Waals surface area contributed by atoms with E-state index in [2.05, 4.69) is 37.3 Å². The number of allylic oxidation sites excluding steroid dienone is 1. The highest BCUT2D eigenvalue weighted by Gasteiger charge is 2.27. The third-order valence-corrected chi connectivity index (χ3v) is 4.67. The molecule has 0 aromatic heterocycles. The molecule has 100 valence electrons. The van der Waals surface area contributed by atoms with Gasteiger partial charge in [-0.3, -0.25) is 0 Å². The van der Waals surface area contributed by atoms with Gasteiger partial charge in [-0.15, -0.1) is 0 Å². The number of benzene rings is 2. The standard InChI is InChI=1S/C19H17F/c1-12-11-17-14-6-3-2-5-13(14)9-10-15(17)16-7-4-8-18(20)19(12)16/h2,4-5,7-10,12H,3,6,11H2,1H3. The first-order chi connectivity index (χ1) is 9.75. The molecule has 0 saturated heterocycles. The molecule has 0 radical (unpaired) electrons. The molecule has 0 amide bonds. The van der Waals surface area contributed by atoms with Crippen molar-refractivity contribution in [3.05, 3.63) is 64.5 Å². The lowest BCUT2D eigenvalue weighted by Crippen LogP contribution is -2.14. The summed E-state index contributed by atoms with van der Waals surface area (Å²) in [5.74, 6) is 0.203. The minimum atomic E-state index is -0.0572. The Morgan fingerprint density at radius 2 is 1.95 bits per heavy atom. The van der Waals surface area contributed by atoms with E-state index in [1.165, 1.54) is 22.3 Å². The summed E-state index contributed by atoms with van der Waals surface area (Å²) in [6.45, 7) is 2.14. The first-order valence-electron chi connectivity index (χ1n) is 7.36. The van der Waals surface area contributed by atoms with Crippen molar-refractivity contribution < 1.29 is 4.39 Å². The van der Waals surface area contributed by atoms with E-state index in [4.69, 9.17) is 0 Å². The molecule has 1 atom stereocenters. The molecule has 0 nitrogen and oxygen atoms in total. The van der Waals surface area contributed by atoms with Gasteiger partial charge in [-0.05, 0) is 64.6 Å². The molecule has 4 rings (SSSR count). The number of fused-ring (bicyclic) bond motifs is 5. The van der Waals surface area contributed by atoms with Gasteiger partial charge in [0.25, 0.3) is 0 Å². The Bertz CT molecular complexity index is 725. The summed E-state index contributed by atoms with van der Waals surface area (Å²) in [4.78, 5) is 0. The third kappa shape index (κ3) is 1.59. The molecule has 2 aliphatic rings. The average molecular weight is 264 g/mol. The topological polar surface area (TPSA) is 0 Å². The number of halogens is 1. The zero-order chi connectivity index (χ0) is 13.7. The van der Waals surface area contributed by atoms with Crippen LogP contribution in [0.1, 0.15) is 41.5 Å². The molecule has 0 fully saturated rings. The normalized spacial score (nSPS) is 19.2. The number of rotatable bonds is 0. The Balaban J connectivity index is 2.02. The Kier molecular flexibility index (Phi) is 2.56. The molecule has 2 aromatic carbocycles. The van der Waals surface area contributed by atoms with E-state index < -0.39 is 0 Å². The minimum Gasteiger partial charge on any atom is -0.207 e. The fourth-order valence-corrected chi connectivity index (χ4v) is 3.77. The number of hydrogen-bond acceptors (Lipinski definition) is 0. The van der Waals surface area contributed by atoms with E-state index in [0.29, 0.717) is 0 Å². The predicted molar refractivity (Wildman–Crippen MR) is 81.3 cm³/mol. The van der Waals surface area contributed by atoms with Crippen molar-refractivity contribution in [1.29, 1.82) is 0 Å². The van der Waals surface area contributed by atoms with Gasteiger partial charge in [0, 0.05) is 0 Å². The lowest BCUT2D eigenvalue weighted by Gasteiger charge is -2.29. The second kappa shape index (κ2) is 4.31. The van der Waals surface area contributed by atoms with E-state index in [1.807, 2.05) is 6.07 Å². The van der Waals surface area contributed by atoms with E-state index in [-0.39, 0.29) is 11.7 Å². The third-order valence-electron chi connectivity index (χ3n) is 4.67. The van der Waals surface area contributed by atoms with Crippen molar-refractivity contribution >= 4 is 6.08 Å². The summed E-state index contributed by atoms with van der Waals surface area (Å²) in [5.41, 5.74) is 7.50. The average Bonchev–Trinajstić information content (AvgIpc) is 2.47. The molecular weight excluding hydrogens is 247 g/mol. The lowest BCUT2D eigenvalue weighted by atomic mass is 9.75. The van der Waals surface area contributed by atoms with Crippen LogP contribution >= 0.6 is 0 Å². The summed E-state index contributed by atoms with van der Waals surface area (Å²) in [6.07, 6.45) is 7.67. The molecule has 1 heteroatoms. The van der Waals surface area contributed by atoms with Crippen LogP contribution in [-0.2, 0) is 12.8 Å². The van der Waals surface area contributed by atoms with Gasteiger partial charge in [0.15, 0.2) is 0 Å².